The molecule has 4 amide bonds. The molecular weight excluding hydrogens is 699 g/mol. The molecule has 3 aromatic carbocycles. The molecular formula is C41H39N9O5. The first-order chi connectivity index (χ1) is 26.7. The maximum Gasteiger partial charge on any atom is 0.262 e. The standard InChI is InChI=1S/C41H39N9O5/c42-36-34-35(24-6-9-29(10-7-24)55-28-4-2-1-3-5-28)46-50(37(34)44-23-43-36)25-14-16-41(17-15-25)21-48(22-41)27-19-47(20-27)26-8-11-30-31(18-26)40(54)49(39(30)53)32-12-13-33(51)45-38(32)52/h1-11,18,23,25,27,32H,12-17,19-22H2,(H2,42,43,44)(H,45,51,52). The van der Waals surface area contributed by atoms with E-state index in [0.29, 0.717) is 28.4 Å². The predicted octanol–water partition coefficient (Wildman–Crippen LogP) is 4.57. The summed E-state index contributed by atoms with van der Waals surface area (Å²) in [6.07, 6.45) is 5.98. The monoisotopic (exact) mass is 737 g/mol. The van der Waals surface area contributed by atoms with Gasteiger partial charge in [0.1, 0.15) is 35.4 Å². The number of piperidine rings is 1. The number of fused-ring (bicyclic) bond motifs is 2. The molecule has 0 bridgehead atoms. The summed E-state index contributed by atoms with van der Waals surface area (Å²) in [7, 11) is 0. The fourth-order valence-electron chi connectivity index (χ4n) is 9.16. The molecule has 2 aromatic heterocycles. The summed E-state index contributed by atoms with van der Waals surface area (Å²) in [6.45, 7) is 3.82. The average Bonchev–Trinajstić information content (AvgIpc) is 3.67. The number of nitrogens with one attached hydrogen (secondary N) is 1. The molecule has 1 atom stereocenters. The van der Waals surface area contributed by atoms with E-state index < -0.39 is 23.8 Å². The number of likely N-dealkylation sites (tertiary alicyclic amines) is 1. The normalized spacial score (nSPS) is 21.5. The van der Waals surface area contributed by atoms with Crippen molar-refractivity contribution in [3.05, 3.63) is 90.3 Å². The number of benzene rings is 3. The van der Waals surface area contributed by atoms with Gasteiger partial charge in [-0.15, -0.1) is 0 Å². The van der Waals surface area contributed by atoms with Crippen LogP contribution in [0, 0.1) is 5.41 Å². The smallest absolute Gasteiger partial charge is 0.262 e. The second kappa shape index (κ2) is 12.7. The van der Waals surface area contributed by atoms with E-state index in [1.165, 1.54) is 6.33 Å². The first-order valence-corrected chi connectivity index (χ1v) is 18.9. The largest absolute Gasteiger partial charge is 0.457 e. The molecule has 4 fully saturated rings. The molecule has 278 valence electrons. The van der Waals surface area contributed by atoms with Gasteiger partial charge in [0, 0.05) is 49.9 Å². The number of aromatic nitrogens is 4. The number of para-hydroxylation sites is 1. The summed E-state index contributed by atoms with van der Waals surface area (Å²) in [5.74, 6) is -0.0227. The van der Waals surface area contributed by atoms with Crippen molar-refractivity contribution in [3.63, 3.8) is 0 Å². The molecule has 6 heterocycles. The molecule has 10 rings (SSSR count). The maximum atomic E-state index is 13.3. The predicted molar refractivity (Wildman–Crippen MR) is 202 cm³/mol. The Morgan fingerprint density at radius 2 is 1.53 bits per heavy atom. The van der Waals surface area contributed by atoms with E-state index in [-0.39, 0.29) is 24.8 Å². The summed E-state index contributed by atoms with van der Waals surface area (Å²) in [5, 5.41) is 8.14. The zero-order valence-corrected chi connectivity index (χ0v) is 30.1. The lowest BCUT2D eigenvalue weighted by Crippen LogP contribution is -2.69. The van der Waals surface area contributed by atoms with Crippen LogP contribution in [0.25, 0.3) is 22.3 Å². The van der Waals surface area contributed by atoms with Crippen molar-refractivity contribution >= 4 is 46.2 Å². The summed E-state index contributed by atoms with van der Waals surface area (Å²) in [4.78, 5) is 65.3. The van der Waals surface area contributed by atoms with Gasteiger partial charge in [-0.05, 0) is 92.1 Å². The highest BCUT2D eigenvalue weighted by Crippen LogP contribution is 2.49. The number of carbonyl (C=O) groups is 4. The molecule has 14 heteroatoms. The Balaban J connectivity index is 0.765. The summed E-state index contributed by atoms with van der Waals surface area (Å²) < 4.78 is 8.07. The molecule has 3 N–H and O–H groups in total. The minimum atomic E-state index is -0.968. The number of rotatable bonds is 7. The quantitative estimate of drug-likeness (QED) is 0.225. The Morgan fingerprint density at radius 3 is 2.27 bits per heavy atom. The molecule has 55 heavy (non-hydrogen) atoms. The van der Waals surface area contributed by atoms with Crippen LogP contribution in [0.5, 0.6) is 11.5 Å². The van der Waals surface area contributed by atoms with E-state index in [0.717, 1.165) is 96.2 Å². The zero-order valence-electron chi connectivity index (χ0n) is 30.1. The van der Waals surface area contributed by atoms with E-state index in [1.54, 1.807) is 12.1 Å². The minimum absolute atomic E-state index is 0.0957. The first-order valence-electron chi connectivity index (χ1n) is 18.9. The van der Waals surface area contributed by atoms with Crippen LogP contribution < -0.4 is 20.7 Å². The lowest BCUT2D eigenvalue weighted by Gasteiger charge is -2.59. The van der Waals surface area contributed by atoms with E-state index in [4.69, 9.17) is 15.6 Å². The van der Waals surface area contributed by atoms with Crippen LogP contribution in [-0.2, 0) is 9.59 Å². The number of amides is 4. The number of ether oxygens (including phenoxy) is 1. The third kappa shape index (κ3) is 5.61. The molecule has 5 aromatic rings. The number of nitrogen functional groups attached to an aromatic ring is 1. The zero-order chi connectivity index (χ0) is 37.4. The van der Waals surface area contributed by atoms with Crippen LogP contribution in [0.3, 0.4) is 0 Å². The Bertz CT molecular complexity index is 2370. The number of nitrogens with two attached hydrogens (primary N) is 1. The van der Waals surface area contributed by atoms with Gasteiger partial charge < -0.3 is 15.4 Å². The Labute approximate surface area is 316 Å². The molecule has 1 aliphatic carbocycles. The van der Waals surface area contributed by atoms with Crippen LogP contribution in [0.1, 0.15) is 65.3 Å². The average molecular weight is 738 g/mol. The number of imide groups is 2. The summed E-state index contributed by atoms with van der Waals surface area (Å²) >= 11 is 0. The number of hydrogen-bond donors (Lipinski definition) is 2. The van der Waals surface area contributed by atoms with Gasteiger partial charge in [-0.1, -0.05) is 18.2 Å². The van der Waals surface area contributed by atoms with Crippen molar-refractivity contribution in [3.8, 4) is 22.8 Å². The number of nitrogens with zero attached hydrogens (tertiary/aromatic N) is 7. The Kier molecular flexibility index (Phi) is 7.73. The van der Waals surface area contributed by atoms with Crippen molar-refractivity contribution in [1.82, 2.24) is 34.9 Å². The van der Waals surface area contributed by atoms with Crippen molar-refractivity contribution in [2.24, 2.45) is 5.41 Å². The lowest BCUT2D eigenvalue weighted by molar-refractivity contribution is -0.136. The minimum Gasteiger partial charge on any atom is -0.457 e. The van der Waals surface area contributed by atoms with E-state index in [9.17, 15) is 19.2 Å². The van der Waals surface area contributed by atoms with Gasteiger partial charge in [-0.3, -0.25) is 34.3 Å². The van der Waals surface area contributed by atoms with Gasteiger partial charge in [0.15, 0.2) is 5.65 Å². The first kappa shape index (κ1) is 33.4. The Morgan fingerprint density at radius 1 is 0.800 bits per heavy atom. The van der Waals surface area contributed by atoms with Gasteiger partial charge in [0.05, 0.1) is 22.6 Å². The summed E-state index contributed by atoms with van der Waals surface area (Å²) in [5.41, 5.74) is 10.7. The molecule has 14 nitrogen and oxygen atoms in total. The molecule has 0 radical (unpaired) electrons. The maximum absolute atomic E-state index is 13.3. The molecule has 1 unspecified atom stereocenters. The molecule has 4 aliphatic heterocycles. The summed E-state index contributed by atoms with van der Waals surface area (Å²) in [6, 6.07) is 22.6. The fraction of sp³-hybridized carbons (Fsp3) is 0.341. The molecule has 1 spiro atoms. The Hall–Kier alpha value is -6.15. The van der Waals surface area contributed by atoms with E-state index in [2.05, 4.69) is 29.8 Å². The number of anilines is 2. The molecule has 3 saturated heterocycles. The van der Waals surface area contributed by atoms with E-state index >= 15 is 0 Å². The van der Waals surface area contributed by atoms with Crippen LogP contribution >= 0.6 is 0 Å². The molecule has 1 saturated carbocycles. The van der Waals surface area contributed by atoms with Crippen molar-refractivity contribution < 1.29 is 23.9 Å². The van der Waals surface area contributed by atoms with Crippen molar-refractivity contribution in [2.45, 2.75) is 56.7 Å². The topological polar surface area (TPSA) is 169 Å². The second-order valence-corrected chi connectivity index (χ2v) is 15.6. The highest BCUT2D eigenvalue weighted by atomic mass is 16.5. The van der Waals surface area contributed by atoms with Gasteiger partial charge in [-0.2, -0.15) is 5.10 Å². The van der Waals surface area contributed by atoms with Gasteiger partial charge in [0.25, 0.3) is 11.8 Å². The van der Waals surface area contributed by atoms with Gasteiger partial charge >= 0.3 is 0 Å². The van der Waals surface area contributed by atoms with Crippen LogP contribution in [0.4, 0.5) is 11.5 Å². The van der Waals surface area contributed by atoms with E-state index in [1.807, 2.05) is 60.7 Å². The third-order valence-electron chi connectivity index (χ3n) is 12.2. The second-order valence-electron chi connectivity index (χ2n) is 15.6. The lowest BCUT2D eigenvalue weighted by atomic mass is 9.66. The van der Waals surface area contributed by atoms with Gasteiger partial charge in [0.2, 0.25) is 11.8 Å². The SMILES string of the molecule is Nc1ncnc2c1c(-c1ccc(Oc3ccccc3)cc1)nn2C1CCC2(CC1)CN(C1CN(c3ccc4c(c3)C(=O)N(C3CCC(=O)NC3=O)C4=O)C1)C2. The van der Waals surface area contributed by atoms with Crippen molar-refractivity contribution in [2.75, 3.05) is 36.8 Å². The van der Waals surface area contributed by atoms with Crippen molar-refractivity contribution in [1.29, 1.82) is 0 Å². The van der Waals surface area contributed by atoms with Crippen LogP contribution in [0.2, 0.25) is 0 Å². The molecule has 5 aliphatic rings. The third-order valence-corrected chi connectivity index (χ3v) is 12.2. The highest BCUT2D eigenvalue weighted by molar-refractivity contribution is 6.23. The van der Waals surface area contributed by atoms with Gasteiger partial charge in [-0.25, -0.2) is 14.6 Å². The van der Waals surface area contributed by atoms with Crippen LogP contribution in [0.15, 0.2) is 79.1 Å². The number of hydrogen-bond acceptors (Lipinski definition) is 11. The highest BCUT2D eigenvalue weighted by Gasteiger charge is 2.50. The van der Waals surface area contributed by atoms with Crippen LogP contribution in [-0.4, -0.2) is 91.4 Å². The fourth-order valence-corrected chi connectivity index (χ4v) is 9.16. The number of carbonyl (C=O) groups excluding carboxylic acids is 4.